The van der Waals surface area contributed by atoms with Crippen LogP contribution in [0.3, 0.4) is 0 Å². The first-order chi connectivity index (χ1) is 16.6. The fourth-order valence-corrected chi connectivity index (χ4v) is 11.0. The molecule has 9 atom stereocenters. The van der Waals surface area contributed by atoms with E-state index in [1.807, 2.05) is 6.08 Å². The van der Waals surface area contributed by atoms with Crippen LogP contribution in [0.25, 0.3) is 0 Å². The van der Waals surface area contributed by atoms with Crippen LogP contribution in [0.2, 0.25) is 0 Å². The maximum Gasteiger partial charge on any atom is 0.310 e. The minimum absolute atomic E-state index is 0.0501. The molecule has 0 amide bonds. The Kier molecular flexibility index (Phi) is 5.72. The van der Waals surface area contributed by atoms with Crippen LogP contribution in [0, 0.1) is 50.7 Å². The van der Waals surface area contributed by atoms with Gasteiger partial charge in [0.15, 0.2) is 5.78 Å². The molecule has 0 spiro atoms. The Morgan fingerprint density at radius 1 is 0.972 bits per heavy atom. The van der Waals surface area contributed by atoms with Crippen molar-refractivity contribution in [3.63, 3.8) is 0 Å². The van der Waals surface area contributed by atoms with Gasteiger partial charge in [0.05, 0.1) is 5.41 Å². The predicted octanol–water partition coefficient (Wildman–Crippen LogP) is 6.59. The van der Waals surface area contributed by atoms with Crippen LogP contribution in [-0.4, -0.2) is 28.9 Å². The van der Waals surface area contributed by atoms with Crippen molar-refractivity contribution < 1.29 is 24.2 Å². The summed E-state index contributed by atoms with van der Waals surface area (Å²) in [6.45, 7) is 15.2. The standard InChI is InChI=1S/C31H46O5/c1-18-9-8-12-31(26(34)35)16-15-29(6)20(24(18)31)17-21(33)25-28(5)13-11-23(36-19(2)32)27(3,4)22(28)10-14-30(25,29)7/h17-18,22-25H,8-16H2,1-7H3,(H,34,35)/t18-,22?,23-,24?,25?,28-,29+,30+,31-/m0/s1. The topological polar surface area (TPSA) is 80.7 Å². The van der Waals surface area contributed by atoms with Gasteiger partial charge in [-0.3, -0.25) is 14.4 Å². The lowest BCUT2D eigenvalue weighted by Crippen LogP contribution is -2.67. The summed E-state index contributed by atoms with van der Waals surface area (Å²) in [4.78, 5) is 38.9. The molecular formula is C31H46O5. The van der Waals surface area contributed by atoms with Gasteiger partial charge in [-0.1, -0.05) is 60.0 Å². The first-order valence-electron chi connectivity index (χ1n) is 14.3. The summed E-state index contributed by atoms with van der Waals surface area (Å²) in [5, 5.41) is 10.5. The number of carboxylic acid groups (broad SMARTS) is 1. The van der Waals surface area contributed by atoms with Crippen molar-refractivity contribution in [2.45, 2.75) is 112 Å². The summed E-state index contributed by atoms with van der Waals surface area (Å²) in [6.07, 6.45) is 9.73. The Morgan fingerprint density at radius 3 is 2.31 bits per heavy atom. The minimum Gasteiger partial charge on any atom is -0.481 e. The Morgan fingerprint density at radius 2 is 1.67 bits per heavy atom. The monoisotopic (exact) mass is 498 g/mol. The zero-order chi connectivity index (χ0) is 26.5. The Bertz CT molecular complexity index is 1030. The van der Waals surface area contributed by atoms with Gasteiger partial charge in [0.2, 0.25) is 0 Å². The van der Waals surface area contributed by atoms with Crippen molar-refractivity contribution in [3.05, 3.63) is 11.6 Å². The number of allylic oxidation sites excluding steroid dienone is 2. The second-order valence-corrected chi connectivity index (χ2v) is 14.5. The second-order valence-electron chi connectivity index (χ2n) is 14.5. The molecule has 0 radical (unpaired) electrons. The second kappa shape index (κ2) is 7.93. The van der Waals surface area contributed by atoms with Gasteiger partial charge in [-0.2, -0.15) is 0 Å². The van der Waals surface area contributed by atoms with Crippen LogP contribution in [0.5, 0.6) is 0 Å². The van der Waals surface area contributed by atoms with Gasteiger partial charge in [0, 0.05) is 18.3 Å². The molecule has 0 heterocycles. The number of hydrogen-bond donors (Lipinski definition) is 1. The van der Waals surface area contributed by atoms with E-state index in [1.54, 1.807) is 0 Å². The number of carbonyl (C=O) groups excluding carboxylic acids is 2. The van der Waals surface area contributed by atoms with Crippen LogP contribution < -0.4 is 0 Å². The smallest absolute Gasteiger partial charge is 0.310 e. The highest BCUT2D eigenvalue weighted by molar-refractivity contribution is 5.96. The Labute approximate surface area is 216 Å². The molecule has 36 heavy (non-hydrogen) atoms. The Hall–Kier alpha value is -1.65. The van der Waals surface area contributed by atoms with Crippen molar-refractivity contribution >= 4 is 17.7 Å². The van der Waals surface area contributed by atoms with Crippen molar-refractivity contribution in [1.82, 2.24) is 0 Å². The van der Waals surface area contributed by atoms with E-state index in [0.717, 1.165) is 56.9 Å². The zero-order valence-electron chi connectivity index (χ0n) is 23.4. The number of carboxylic acids is 1. The summed E-state index contributed by atoms with van der Waals surface area (Å²) in [5.41, 5.74) is -0.320. The lowest BCUT2D eigenvalue weighted by molar-refractivity contribution is -0.211. The fraction of sp³-hybridized carbons (Fsp3) is 0.839. The van der Waals surface area contributed by atoms with Gasteiger partial charge in [0.25, 0.3) is 0 Å². The molecule has 5 heteroatoms. The van der Waals surface area contributed by atoms with E-state index in [0.29, 0.717) is 12.3 Å². The molecule has 4 saturated carbocycles. The number of hydrogen-bond acceptors (Lipinski definition) is 4. The van der Waals surface area contributed by atoms with Crippen LogP contribution in [0.15, 0.2) is 11.6 Å². The van der Waals surface area contributed by atoms with Gasteiger partial charge in [-0.05, 0) is 85.0 Å². The molecular weight excluding hydrogens is 452 g/mol. The number of rotatable bonds is 2. The maximum absolute atomic E-state index is 14.3. The normalized spacial score (nSPS) is 49.5. The SMILES string of the molecule is CC(=O)O[C@H]1CC[C@@]2(C)C(CC[C@]3(C)C2C(=O)C=C2C4[C@@H](C)CCC[C@]4(C(=O)O)CC[C@]23C)C1(C)C. The molecule has 0 aromatic carbocycles. The highest BCUT2D eigenvalue weighted by Crippen LogP contribution is 2.75. The quantitative estimate of drug-likeness (QED) is 0.434. The highest BCUT2D eigenvalue weighted by Gasteiger charge is 2.71. The van der Waals surface area contributed by atoms with Crippen molar-refractivity contribution in [1.29, 1.82) is 0 Å². The highest BCUT2D eigenvalue weighted by atomic mass is 16.5. The largest absolute Gasteiger partial charge is 0.481 e. The van der Waals surface area contributed by atoms with E-state index in [4.69, 9.17) is 4.74 Å². The number of ketones is 1. The molecule has 5 aliphatic rings. The molecule has 1 N–H and O–H groups in total. The summed E-state index contributed by atoms with van der Waals surface area (Å²) in [7, 11) is 0. The maximum atomic E-state index is 14.3. The predicted molar refractivity (Wildman–Crippen MR) is 138 cm³/mol. The van der Waals surface area contributed by atoms with E-state index in [9.17, 15) is 19.5 Å². The number of carbonyl (C=O) groups is 3. The molecule has 200 valence electrons. The van der Waals surface area contributed by atoms with Crippen molar-refractivity contribution in [3.8, 4) is 0 Å². The van der Waals surface area contributed by atoms with E-state index in [-0.39, 0.29) is 57.3 Å². The molecule has 5 nitrogen and oxygen atoms in total. The fourth-order valence-electron chi connectivity index (χ4n) is 11.0. The first-order valence-corrected chi connectivity index (χ1v) is 14.3. The molecule has 0 bridgehead atoms. The number of esters is 1. The third kappa shape index (κ3) is 3.10. The molecule has 5 rings (SSSR count). The molecule has 0 aromatic heterocycles. The molecule has 5 aliphatic carbocycles. The number of fused-ring (bicyclic) bond motifs is 7. The lowest BCUT2D eigenvalue weighted by atomic mass is 9.33. The number of ether oxygens (including phenoxy) is 1. The minimum atomic E-state index is -0.725. The van der Waals surface area contributed by atoms with Crippen molar-refractivity contribution in [2.75, 3.05) is 0 Å². The molecule has 0 saturated heterocycles. The number of aliphatic carboxylic acids is 1. The molecule has 0 aromatic rings. The van der Waals surface area contributed by atoms with Crippen LogP contribution in [0.4, 0.5) is 0 Å². The van der Waals surface area contributed by atoms with Crippen LogP contribution >= 0.6 is 0 Å². The summed E-state index contributed by atoms with van der Waals surface area (Å²) < 4.78 is 5.81. The molecule has 3 unspecified atom stereocenters. The summed E-state index contributed by atoms with van der Waals surface area (Å²) >= 11 is 0. The van der Waals surface area contributed by atoms with Crippen LogP contribution in [0.1, 0.15) is 106 Å². The third-order valence-electron chi connectivity index (χ3n) is 12.8. The van der Waals surface area contributed by atoms with Crippen LogP contribution in [-0.2, 0) is 19.1 Å². The lowest BCUT2D eigenvalue weighted by Gasteiger charge is -2.70. The van der Waals surface area contributed by atoms with Gasteiger partial charge in [-0.15, -0.1) is 0 Å². The third-order valence-corrected chi connectivity index (χ3v) is 12.8. The summed E-state index contributed by atoms with van der Waals surface area (Å²) in [5.74, 6) is -0.243. The van der Waals surface area contributed by atoms with Gasteiger partial charge in [0.1, 0.15) is 6.10 Å². The molecule has 0 aliphatic heterocycles. The molecule has 4 fully saturated rings. The van der Waals surface area contributed by atoms with E-state index >= 15 is 0 Å². The van der Waals surface area contributed by atoms with Crippen molar-refractivity contribution in [2.24, 2.45) is 50.7 Å². The first kappa shape index (κ1) is 26.0. The van der Waals surface area contributed by atoms with E-state index < -0.39 is 11.4 Å². The van der Waals surface area contributed by atoms with Gasteiger partial charge >= 0.3 is 11.9 Å². The van der Waals surface area contributed by atoms with Gasteiger partial charge in [-0.25, -0.2) is 0 Å². The van der Waals surface area contributed by atoms with E-state index in [1.165, 1.54) is 6.92 Å². The zero-order valence-corrected chi connectivity index (χ0v) is 23.4. The van der Waals surface area contributed by atoms with Gasteiger partial charge < -0.3 is 9.84 Å². The average molecular weight is 499 g/mol. The summed E-state index contributed by atoms with van der Waals surface area (Å²) in [6, 6.07) is 0. The average Bonchev–Trinajstić information content (AvgIpc) is 2.76. The van der Waals surface area contributed by atoms with E-state index in [2.05, 4.69) is 41.5 Å². The Balaban J connectivity index is 1.61.